The molecule has 1 saturated carbocycles. The molecule has 138 valence electrons. The zero-order chi connectivity index (χ0) is 17.1. The van der Waals surface area contributed by atoms with E-state index in [1.54, 1.807) is 31.3 Å². The van der Waals surface area contributed by atoms with Gasteiger partial charge in [0.05, 0.1) is 12.6 Å². The second-order valence-electron chi connectivity index (χ2n) is 6.24. The number of halogens is 2. The number of aliphatic imine (C=N–C) groups is 1. The van der Waals surface area contributed by atoms with Gasteiger partial charge in [0.2, 0.25) is 5.91 Å². The number of hydrogen-bond donors (Lipinski definition) is 2. The second kappa shape index (κ2) is 9.05. The van der Waals surface area contributed by atoms with Crippen molar-refractivity contribution in [3.05, 3.63) is 34.9 Å². The molecule has 1 aliphatic carbocycles. The number of nitrogens with zero attached hydrogens (tertiary/aromatic N) is 3. The molecule has 3 rings (SSSR count). The molecule has 8 heteroatoms. The van der Waals surface area contributed by atoms with E-state index in [-0.39, 0.29) is 29.9 Å². The monoisotopic (exact) mass is 478 g/mol. The van der Waals surface area contributed by atoms with E-state index in [1.165, 1.54) is 0 Å². The van der Waals surface area contributed by atoms with Crippen LogP contribution in [0.3, 0.4) is 0 Å². The standard InChI is InChI=1S/C17H23ClN4O2.HI/c1-19-17(20-10-15(23)12-2-4-13(18)5-3-12)21-8-9-22(14-6-7-14)16(24)11-21;/h2-5,14-15,23H,6-11H2,1H3,(H,19,20);1H. The molecule has 1 unspecified atom stereocenters. The van der Waals surface area contributed by atoms with Crippen LogP contribution in [-0.4, -0.2) is 66.0 Å². The number of guanidine groups is 1. The molecule has 0 radical (unpaired) electrons. The molecule has 2 aliphatic rings. The lowest BCUT2D eigenvalue weighted by Crippen LogP contribution is -2.56. The molecule has 1 amide bonds. The van der Waals surface area contributed by atoms with Gasteiger partial charge in [-0.15, -0.1) is 24.0 Å². The first-order valence-electron chi connectivity index (χ1n) is 8.27. The largest absolute Gasteiger partial charge is 0.387 e. The van der Waals surface area contributed by atoms with Gasteiger partial charge in [0, 0.05) is 37.7 Å². The number of nitrogens with one attached hydrogen (secondary N) is 1. The number of hydrogen-bond acceptors (Lipinski definition) is 3. The fourth-order valence-electron chi connectivity index (χ4n) is 2.96. The number of aliphatic hydroxyl groups is 1. The Balaban J connectivity index is 0.00000225. The Morgan fingerprint density at radius 3 is 2.60 bits per heavy atom. The number of carbonyl (C=O) groups excluding carboxylic acids is 1. The van der Waals surface area contributed by atoms with E-state index in [2.05, 4.69) is 10.3 Å². The number of rotatable bonds is 4. The van der Waals surface area contributed by atoms with Crippen LogP contribution in [0.1, 0.15) is 24.5 Å². The molecule has 1 aromatic carbocycles. The minimum absolute atomic E-state index is 0. The SMILES string of the molecule is CN=C(NCC(O)c1ccc(Cl)cc1)N1CCN(C2CC2)C(=O)C1.I. The van der Waals surface area contributed by atoms with E-state index in [1.807, 2.05) is 9.80 Å². The smallest absolute Gasteiger partial charge is 0.242 e. The number of benzene rings is 1. The van der Waals surface area contributed by atoms with Gasteiger partial charge in [-0.25, -0.2) is 0 Å². The van der Waals surface area contributed by atoms with Crippen LogP contribution in [0, 0.1) is 0 Å². The van der Waals surface area contributed by atoms with Gasteiger partial charge in [-0.1, -0.05) is 23.7 Å². The van der Waals surface area contributed by atoms with Crippen LogP contribution in [0.2, 0.25) is 5.02 Å². The zero-order valence-electron chi connectivity index (χ0n) is 14.2. The molecule has 2 N–H and O–H groups in total. The van der Waals surface area contributed by atoms with Crippen LogP contribution in [-0.2, 0) is 4.79 Å². The van der Waals surface area contributed by atoms with Crippen molar-refractivity contribution in [1.29, 1.82) is 0 Å². The van der Waals surface area contributed by atoms with Gasteiger partial charge in [0.25, 0.3) is 0 Å². The third-order valence-corrected chi connectivity index (χ3v) is 4.72. The summed E-state index contributed by atoms with van der Waals surface area (Å²) in [4.78, 5) is 20.4. The molecular formula is C17H24ClIN4O2. The van der Waals surface area contributed by atoms with Crippen molar-refractivity contribution in [3.63, 3.8) is 0 Å². The molecule has 2 fully saturated rings. The maximum Gasteiger partial charge on any atom is 0.242 e. The van der Waals surface area contributed by atoms with Gasteiger partial charge in [0.15, 0.2) is 5.96 Å². The first-order valence-corrected chi connectivity index (χ1v) is 8.65. The van der Waals surface area contributed by atoms with Crippen molar-refractivity contribution in [2.75, 3.05) is 33.2 Å². The van der Waals surface area contributed by atoms with Crippen LogP contribution in [0.4, 0.5) is 0 Å². The van der Waals surface area contributed by atoms with Gasteiger partial charge in [-0.3, -0.25) is 9.79 Å². The molecule has 0 spiro atoms. The van der Waals surface area contributed by atoms with Gasteiger partial charge < -0.3 is 20.2 Å². The summed E-state index contributed by atoms with van der Waals surface area (Å²) in [7, 11) is 1.69. The van der Waals surface area contributed by atoms with Crippen LogP contribution in [0.5, 0.6) is 0 Å². The highest BCUT2D eigenvalue weighted by atomic mass is 127. The Morgan fingerprint density at radius 2 is 2.04 bits per heavy atom. The fraction of sp³-hybridized carbons (Fsp3) is 0.529. The van der Waals surface area contributed by atoms with Crippen LogP contribution in [0.25, 0.3) is 0 Å². The second-order valence-corrected chi connectivity index (χ2v) is 6.67. The minimum Gasteiger partial charge on any atom is -0.387 e. The molecule has 1 aliphatic heterocycles. The number of piperazine rings is 1. The number of carbonyl (C=O) groups is 1. The quantitative estimate of drug-likeness (QED) is 0.394. The highest BCUT2D eigenvalue weighted by Gasteiger charge is 2.36. The number of aliphatic hydroxyl groups excluding tert-OH is 1. The predicted molar refractivity (Wildman–Crippen MR) is 109 cm³/mol. The molecule has 1 atom stereocenters. The van der Waals surface area contributed by atoms with E-state index in [0.717, 1.165) is 31.5 Å². The van der Waals surface area contributed by atoms with Crippen molar-refractivity contribution >= 4 is 47.4 Å². The maximum absolute atomic E-state index is 12.2. The molecule has 25 heavy (non-hydrogen) atoms. The van der Waals surface area contributed by atoms with Crippen LogP contribution in [0.15, 0.2) is 29.3 Å². The van der Waals surface area contributed by atoms with Gasteiger partial charge >= 0.3 is 0 Å². The topological polar surface area (TPSA) is 68.2 Å². The predicted octanol–water partition coefficient (Wildman–Crippen LogP) is 1.87. The lowest BCUT2D eigenvalue weighted by atomic mass is 10.1. The first-order chi connectivity index (χ1) is 11.6. The highest BCUT2D eigenvalue weighted by molar-refractivity contribution is 14.0. The summed E-state index contributed by atoms with van der Waals surface area (Å²) in [5.41, 5.74) is 0.789. The third-order valence-electron chi connectivity index (χ3n) is 4.46. The third kappa shape index (κ3) is 5.21. The molecule has 1 aromatic rings. The van der Waals surface area contributed by atoms with E-state index in [0.29, 0.717) is 30.1 Å². The molecule has 1 heterocycles. The van der Waals surface area contributed by atoms with E-state index >= 15 is 0 Å². The lowest BCUT2D eigenvalue weighted by molar-refractivity contribution is -0.135. The van der Waals surface area contributed by atoms with Crippen molar-refractivity contribution < 1.29 is 9.90 Å². The molecule has 0 aromatic heterocycles. The summed E-state index contributed by atoms with van der Waals surface area (Å²) in [6.45, 7) is 2.17. The Kier molecular flexibility index (Phi) is 7.33. The van der Waals surface area contributed by atoms with Gasteiger partial charge in [0.1, 0.15) is 0 Å². The summed E-state index contributed by atoms with van der Waals surface area (Å²) in [5, 5.41) is 14.1. The first kappa shape index (κ1) is 20.3. The van der Waals surface area contributed by atoms with Gasteiger partial charge in [-0.2, -0.15) is 0 Å². The lowest BCUT2D eigenvalue weighted by Gasteiger charge is -2.36. The van der Waals surface area contributed by atoms with Crippen molar-refractivity contribution in [1.82, 2.24) is 15.1 Å². The van der Waals surface area contributed by atoms with Crippen molar-refractivity contribution in [2.45, 2.75) is 25.0 Å². The summed E-state index contributed by atoms with van der Waals surface area (Å²) >= 11 is 5.86. The van der Waals surface area contributed by atoms with Gasteiger partial charge in [-0.05, 0) is 30.5 Å². The van der Waals surface area contributed by atoms with Crippen molar-refractivity contribution in [2.24, 2.45) is 4.99 Å². The Hall–Kier alpha value is -1.06. The van der Waals surface area contributed by atoms with Crippen LogP contribution < -0.4 is 5.32 Å². The molecule has 1 saturated heterocycles. The van der Waals surface area contributed by atoms with Crippen LogP contribution >= 0.6 is 35.6 Å². The summed E-state index contributed by atoms with van der Waals surface area (Å²) in [6.07, 6.45) is 1.60. The maximum atomic E-state index is 12.2. The summed E-state index contributed by atoms with van der Waals surface area (Å²) in [6, 6.07) is 7.57. The number of amides is 1. The Labute approximate surface area is 170 Å². The summed E-state index contributed by atoms with van der Waals surface area (Å²) < 4.78 is 0. The average Bonchev–Trinajstić information content (AvgIpc) is 3.41. The van der Waals surface area contributed by atoms with E-state index in [9.17, 15) is 9.90 Å². The zero-order valence-corrected chi connectivity index (χ0v) is 17.3. The Morgan fingerprint density at radius 1 is 1.36 bits per heavy atom. The van der Waals surface area contributed by atoms with Crippen molar-refractivity contribution in [3.8, 4) is 0 Å². The minimum atomic E-state index is -0.664. The fourth-order valence-corrected chi connectivity index (χ4v) is 3.09. The molecule has 6 nitrogen and oxygen atoms in total. The summed E-state index contributed by atoms with van der Waals surface area (Å²) in [5.74, 6) is 0.803. The Bertz CT molecular complexity index is 622. The van der Waals surface area contributed by atoms with E-state index in [4.69, 9.17) is 11.6 Å². The van der Waals surface area contributed by atoms with E-state index < -0.39 is 6.10 Å². The molecular weight excluding hydrogens is 455 g/mol. The average molecular weight is 479 g/mol. The normalized spacial score (nSPS) is 19.5. The molecule has 0 bridgehead atoms. The highest BCUT2D eigenvalue weighted by Crippen LogP contribution is 2.28.